The van der Waals surface area contributed by atoms with Crippen molar-refractivity contribution >= 4 is 0 Å². The first kappa shape index (κ1) is 17.6. The van der Waals surface area contributed by atoms with Gasteiger partial charge in [0, 0.05) is 0 Å². The van der Waals surface area contributed by atoms with E-state index < -0.39 is 0 Å². The SMILES string of the molecule is C=CN1C2C3N(C=CC)C(C4N(C=C)C1C(N4C=CC)N3/C=C/C)N2C=C. The summed E-state index contributed by atoms with van der Waals surface area (Å²) < 4.78 is 0. The Morgan fingerprint density at radius 3 is 0.889 bits per heavy atom. The number of hydrogen-bond acceptors (Lipinski definition) is 6. The minimum Gasteiger partial charge on any atom is -0.331 e. The molecular weight excluding hydrogens is 336 g/mol. The van der Waals surface area contributed by atoms with Gasteiger partial charge in [0.2, 0.25) is 0 Å². The predicted molar refractivity (Wildman–Crippen MR) is 109 cm³/mol. The average molecular weight is 367 g/mol. The van der Waals surface area contributed by atoms with Gasteiger partial charge in [0.15, 0.2) is 0 Å². The van der Waals surface area contributed by atoms with E-state index in [1.807, 2.05) is 18.6 Å². The molecule has 0 saturated carbocycles. The van der Waals surface area contributed by atoms with E-state index in [1.165, 1.54) is 0 Å². The summed E-state index contributed by atoms with van der Waals surface area (Å²) in [6, 6.07) is 0. The summed E-state index contributed by atoms with van der Waals surface area (Å²) in [5.74, 6) is 0. The van der Waals surface area contributed by atoms with Gasteiger partial charge >= 0.3 is 0 Å². The van der Waals surface area contributed by atoms with Crippen LogP contribution in [-0.2, 0) is 0 Å². The van der Waals surface area contributed by atoms with Crippen molar-refractivity contribution in [3.63, 3.8) is 0 Å². The van der Waals surface area contributed by atoms with Gasteiger partial charge in [-0.05, 0) is 58.0 Å². The molecule has 0 N–H and O–H groups in total. The highest BCUT2D eigenvalue weighted by Crippen LogP contribution is 2.52. The van der Waals surface area contributed by atoms with E-state index in [0.717, 1.165) is 0 Å². The maximum Gasteiger partial charge on any atom is 0.144 e. The second kappa shape index (κ2) is 6.44. The topological polar surface area (TPSA) is 19.4 Å². The van der Waals surface area contributed by atoms with Crippen LogP contribution in [0.2, 0.25) is 0 Å². The molecule has 6 nitrogen and oxygen atoms in total. The molecule has 0 radical (unpaired) electrons. The number of hydrogen-bond donors (Lipinski definition) is 0. The summed E-state index contributed by atoms with van der Waals surface area (Å²) in [6.07, 6.45) is 19.8. The minimum atomic E-state index is 0.121. The fourth-order valence-corrected chi connectivity index (χ4v) is 5.40. The molecule has 0 aromatic carbocycles. The number of piperazine rings is 1. The van der Waals surface area contributed by atoms with E-state index in [-0.39, 0.29) is 37.0 Å². The molecule has 5 aliphatic heterocycles. The van der Waals surface area contributed by atoms with Gasteiger partial charge in [0.05, 0.1) is 0 Å². The van der Waals surface area contributed by atoms with Gasteiger partial charge in [-0.3, -0.25) is 0 Å². The first-order valence-corrected chi connectivity index (χ1v) is 9.60. The van der Waals surface area contributed by atoms with Crippen LogP contribution < -0.4 is 0 Å². The Labute approximate surface area is 162 Å². The third-order valence-electron chi connectivity index (χ3n) is 6.06. The van der Waals surface area contributed by atoms with Crippen LogP contribution in [0.1, 0.15) is 20.8 Å². The van der Waals surface area contributed by atoms with E-state index in [1.54, 1.807) is 0 Å². The van der Waals surface area contributed by atoms with Gasteiger partial charge in [-0.2, -0.15) is 0 Å². The lowest BCUT2D eigenvalue weighted by Crippen LogP contribution is -2.70. The van der Waals surface area contributed by atoms with Crippen LogP contribution in [0.25, 0.3) is 0 Å². The highest BCUT2D eigenvalue weighted by molar-refractivity contribution is 5.25. The van der Waals surface area contributed by atoms with Crippen molar-refractivity contribution < 1.29 is 0 Å². The summed E-state index contributed by atoms with van der Waals surface area (Å²) in [5.41, 5.74) is 0. The highest BCUT2D eigenvalue weighted by atomic mass is 15.8. The molecule has 0 spiro atoms. The molecule has 6 unspecified atom stereocenters. The van der Waals surface area contributed by atoms with Crippen molar-refractivity contribution in [1.29, 1.82) is 0 Å². The fraction of sp³-hybridized carbons (Fsp3) is 0.429. The Morgan fingerprint density at radius 1 is 0.444 bits per heavy atom. The quantitative estimate of drug-likeness (QED) is 0.715. The number of nitrogens with zero attached hydrogens (tertiary/aromatic N) is 6. The van der Waals surface area contributed by atoms with Crippen molar-refractivity contribution in [2.45, 2.75) is 57.8 Å². The molecule has 5 heterocycles. The molecule has 0 amide bonds. The Morgan fingerprint density at radius 2 is 0.667 bits per heavy atom. The Hall–Kier alpha value is -2.76. The van der Waals surface area contributed by atoms with Crippen LogP contribution >= 0.6 is 0 Å². The Balaban J connectivity index is 2.01. The standard InChI is InChI=1S/C21H30N6/c1-7-13-25-18-19-24(12-6)17-21(26(19)14-8-2)27(15-9-3)20(25)16(22(17)10-4)23(18)11-5/h7-21H,4-6H2,1-3H3/b13-7?,14-8?,15-9+. The van der Waals surface area contributed by atoms with E-state index in [4.69, 9.17) is 0 Å². The van der Waals surface area contributed by atoms with Crippen molar-refractivity contribution in [2.24, 2.45) is 0 Å². The van der Waals surface area contributed by atoms with Crippen molar-refractivity contribution in [1.82, 2.24) is 29.4 Å². The summed E-state index contributed by atoms with van der Waals surface area (Å²) >= 11 is 0. The molecule has 6 bridgehead atoms. The van der Waals surface area contributed by atoms with Crippen molar-refractivity contribution in [2.75, 3.05) is 0 Å². The summed E-state index contributed by atoms with van der Waals surface area (Å²) in [7, 11) is 0. The average Bonchev–Trinajstić information content (AvgIpc) is 3.09. The number of rotatable bonds is 6. The van der Waals surface area contributed by atoms with Gasteiger partial charge in [0.1, 0.15) is 37.0 Å². The zero-order valence-corrected chi connectivity index (χ0v) is 16.5. The zero-order chi connectivity index (χ0) is 19.3. The van der Waals surface area contributed by atoms with Crippen LogP contribution in [0.5, 0.6) is 0 Å². The Kier molecular flexibility index (Phi) is 4.21. The molecule has 0 aromatic heterocycles. The second-order valence-corrected chi connectivity index (χ2v) is 7.16. The second-order valence-electron chi connectivity index (χ2n) is 7.16. The largest absolute Gasteiger partial charge is 0.331 e. The van der Waals surface area contributed by atoms with Crippen LogP contribution in [0.3, 0.4) is 0 Å². The molecular formula is C21H30N6. The van der Waals surface area contributed by atoms with E-state index in [0.29, 0.717) is 0 Å². The molecule has 5 saturated heterocycles. The lowest BCUT2D eigenvalue weighted by atomic mass is 10.1. The molecule has 6 heteroatoms. The third-order valence-corrected chi connectivity index (χ3v) is 6.06. The summed E-state index contributed by atoms with van der Waals surface area (Å²) in [6.45, 7) is 18.7. The number of allylic oxidation sites excluding steroid dienone is 3. The first-order chi connectivity index (χ1) is 13.2. The molecule has 27 heavy (non-hydrogen) atoms. The Bertz CT molecular complexity index is 661. The highest BCUT2D eigenvalue weighted by Gasteiger charge is 2.69. The summed E-state index contributed by atoms with van der Waals surface area (Å²) in [5, 5.41) is 0. The zero-order valence-electron chi connectivity index (χ0n) is 16.5. The third kappa shape index (κ3) is 2.01. The van der Waals surface area contributed by atoms with E-state index >= 15 is 0 Å². The van der Waals surface area contributed by atoms with Gasteiger partial charge in [0.25, 0.3) is 0 Å². The van der Waals surface area contributed by atoms with E-state index in [2.05, 4.69) is 107 Å². The van der Waals surface area contributed by atoms with Crippen LogP contribution in [0.4, 0.5) is 0 Å². The van der Waals surface area contributed by atoms with Gasteiger partial charge in [-0.25, -0.2) is 0 Å². The predicted octanol–water partition coefficient (Wildman–Crippen LogP) is 2.84. The normalized spacial score (nSPS) is 37.0. The van der Waals surface area contributed by atoms with Crippen LogP contribution in [0.15, 0.2) is 75.2 Å². The lowest BCUT2D eigenvalue weighted by Gasteiger charge is -2.54. The first-order valence-electron chi connectivity index (χ1n) is 9.60. The monoisotopic (exact) mass is 366 g/mol. The molecule has 5 fully saturated rings. The van der Waals surface area contributed by atoms with Gasteiger partial charge < -0.3 is 29.4 Å². The molecule has 0 aliphatic carbocycles. The van der Waals surface area contributed by atoms with Crippen LogP contribution in [0, 0.1) is 0 Å². The summed E-state index contributed by atoms with van der Waals surface area (Å²) in [4.78, 5) is 14.5. The van der Waals surface area contributed by atoms with Gasteiger partial charge in [-0.15, -0.1) is 0 Å². The molecule has 6 atom stereocenters. The molecule has 5 rings (SSSR count). The maximum absolute atomic E-state index is 4.16. The minimum absolute atomic E-state index is 0.121. The van der Waals surface area contributed by atoms with E-state index in [9.17, 15) is 0 Å². The van der Waals surface area contributed by atoms with Crippen molar-refractivity contribution in [3.8, 4) is 0 Å². The van der Waals surface area contributed by atoms with Crippen LogP contribution in [-0.4, -0.2) is 66.4 Å². The lowest BCUT2D eigenvalue weighted by molar-refractivity contribution is -0.0925. The van der Waals surface area contributed by atoms with Crippen molar-refractivity contribution in [3.05, 3.63) is 75.2 Å². The maximum atomic E-state index is 4.16. The molecule has 5 aliphatic rings. The smallest absolute Gasteiger partial charge is 0.144 e. The molecule has 144 valence electrons. The van der Waals surface area contributed by atoms with Gasteiger partial charge in [-0.1, -0.05) is 38.0 Å². The molecule has 0 aromatic rings. The fourth-order valence-electron chi connectivity index (χ4n) is 5.40.